The first-order valence-corrected chi connectivity index (χ1v) is 8.79. The molecule has 8 heteroatoms. The molecule has 0 aliphatic carbocycles. The third kappa shape index (κ3) is 5.38. The Kier molecular flexibility index (Phi) is 5.70. The van der Waals surface area contributed by atoms with Crippen LogP contribution in [0.4, 0.5) is 5.69 Å². The molecule has 0 saturated carbocycles. The first-order valence-electron chi connectivity index (χ1n) is 6.56. The highest BCUT2D eigenvalue weighted by atomic mass is 35.5. The average Bonchev–Trinajstić information content (AvgIpc) is 2.32. The number of nitrogens with zero attached hydrogens (tertiary/aromatic N) is 1. The maximum Gasteiger partial charge on any atom is 0.241 e. The molecule has 0 saturated heterocycles. The second-order valence-electron chi connectivity index (χ2n) is 5.89. The first kappa shape index (κ1) is 18.6. The maximum atomic E-state index is 12.0. The van der Waals surface area contributed by atoms with Crippen LogP contribution in [0.25, 0.3) is 0 Å². The summed E-state index contributed by atoms with van der Waals surface area (Å²) in [6.07, 6.45) is 1.04. The summed E-state index contributed by atoms with van der Waals surface area (Å²) in [7, 11) is -2.17. The van der Waals surface area contributed by atoms with E-state index in [9.17, 15) is 13.2 Å². The molecule has 124 valence electrons. The molecule has 0 spiro atoms. The minimum absolute atomic E-state index is 0.268. The van der Waals surface area contributed by atoms with Gasteiger partial charge in [0.15, 0.2) is 0 Å². The number of methoxy groups -OCH3 is 1. The normalized spacial score (nSPS) is 11.9. The highest BCUT2D eigenvalue weighted by Crippen LogP contribution is 2.30. The quantitative estimate of drug-likeness (QED) is 0.883. The molecule has 0 bridgehead atoms. The smallest absolute Gasteiger partial charge is 0.241 e. The van der Waals surface area contributed by atoms with Crippen LogP contribution >= 0.6 is 11.6 Å². The minimum atomic E-state index is -3.63. The van der Waals surface area contributed by atoms with Crippen molar-refractivity contribution in [3.63, 3.8) is 0 Å². The van der Waals surface area contributed by atoms with Crippen molar-refractivity contribution in [3.8, 4) is 5.75 Å². The highest BCUT2D eigenvalue weighted by molar-refractivity contribution is 7.92. The standard InChI is InChI=1S/C14H21ClN2O4S/c1-14(2,3)16-13(18)9-17(22(5,19)20)10-6-7-12(21-4)11(15)8-10/h6-8H,9H2,1-5H3,(H,16,18). The third-order valence-electron chi connectivity index (χ3n) is 2.63. The van der Waals surface area contributed by atoms with E-state index < -0.39 is 21.5 Å². The van der Waals surface area contributed by atoms with Gasteiger partial charge >= 0.3 is 0 Å². The fraction of sp³-hybridized carbons (Fsp3) is 0.500. The Bertz CT molecular complexity index is 653. The second kappa shape index (κ2) is 6.75. The van der Waals surface area contributed by atoms with Gasteiger partial charge in [-0.2, -0.15) is 0 Å². The van der Waals surface area contributed by atoms with Gasteiger partial charge in [0.25, 0.3) is 0 Å². The summed E-state index contributed by atoms with van der Waals surface area (Å²) in [6.45, 7) is 5.14. The minimum Gasteiger partial charge on any atom is -0.495 e. The number of hydrogen-bond acceptors (Lipinski definition) is 4. The van der Waals surface area contributed by atoms with Gasteiger partial charge in [0.2, 0.25) is 15.9 Å². The van der Waals surface area contributed by atoms with Gasteiger partial charge in [0, 0.05) is 5.54 Å². The molecule has 0 aliphatic heterocycles. The zero-order valence-electron chi connectivity index (χ0n) is 13.3. The highest BCUT2D eigenvalue weighted by Gasteiger charge is 2.23. The van der Waals surface area contributed by atoms with Gasteiger partial charge in [-0.25, -0.2) is 8.42 Å². The lowest BCUT2D eigenvalue weighted by Gasteiger charge is -2.26. The molecule has 1 aromatic rings. The Labute approximate surface area is 136 Å². The zero-order valence-corrected chi connectivity index (χ0v) is 14.9. The Balaban J connectivity index is 3.10. The summed E-state index contributed by atoms with van der Waals surface area (Å²) in [4.78, 5) is 12.0. The number of amides is 1. The molecule has 1 aromatic carbocycles. The van der Waals surface area contributed by atoms with E-state index in [-0.39, 0.29) is 11.6 Å². The van der Waals surface area contributed by atoms with E-state index in [1.165, 1.54) is 19.2 Å². The van der Waals surface area contributed by atoms with Crippen LogP contribution in [0, 0.1) is 0 Å². The molecule has 1 N–H and O–H groups in total. The van der Waals surface area contributed by atoms with Crippen LogP contribution in [0.3, 0.4) is 0 Å². The summed E-state index contributed by atoms with van der Waals surface area (Å²) < 4.78 is 30.0. The number of halogens is 1. The van der Waals surface area contributed by atoms with Crippen molar-refractivity contribution >= 4 is 33.2 Å². The van der Waals surface area contributed by atoms with E-state index in [4.69, 9.17) is 16.3 Å². The topological polar surface area (TPSA) is 75.7 Å². The van der Waals surface area contributed by atoms with Gasteiger partial charge in [-0.3, -0.25) is 9.10 Å². The molecule has 0 unspecified atom stereocenters. The molecule has 0 atom stereocenters. The summed E-state index contributed by atoms with van der Waals surface area (Å²) >= 11 is 6.02. The molecular weight excluding hydrogens is 328 g/mol. The molecule has 0 fully saturated rings. The van der Waals surface area contributed by atoms with Gasteiger partial charge in [-0.15, -0.1) is 0 Å². The van der Waals surface area contributed by atoms with Crippen molar-refractivity contribution in [1.82, 2.24) is 5.32 Å². The lowest BCUT2D eigenvalue weighted by molar-refractivity contribution is -0.121. The Morgan fingerprint density at radius 1 is 1.36 bits per heavy atom. The first-order chi connectivity index (χ1) is 9.94. The molecule has 0 radical (unpaired) electrons. The summed E-state index contributed by atoms with van der Waals surface area (Å²) in [5, 5.41) is 2.99. The number of hydrogen-bond donors (Lipinski definition) is 1. The number of anilines is 1. The van der Waals surface area contributed by atoms with Crippen molar-refractivity contribution in [2.45, 2.75) is 26.3 Å². The van der Waals surface area contributed by atoms with E-state index in [0.717, 1.165) is 10.6 Å². The predicted molar refractivity (Wildman–Crippen MR) is 88.1 cm³/mol. The van der Waals surface area contributed by atoms with Crippen LogP contribution in [-0.4, -0.2) is 39.8 Å². The van der Waals surface area contributed by atoms with Crippen LogP contribution in [0.15, 0.2) is 18.2 Å². The monoisotopic (exact) mass is 348 g/mol. The van der Waals surface area contributed by atoms with Crippen molar-refractivity contribution in [2.24, 2.45) is 0 Å². The number of carbonyl (C=O) groups is 1. The van der Waals surface area contributed by atoms with Crippen molar-refractivity contribution in [2.75, 3.05) is 24.2 Å². The van der Waals surface area contributed by atoms with Gasteiger partial charge in [-0.05, 0) is 39.0 Å². The van der Waals surface area contributed by atoms with Crippen LogP contribution in [0.5, 0.6) is 5.75 Å². The van der Waals surface area contributed by atoms with Gasteiger partial charge in [0.05, 0.1) is 24.1 Å². The summed E-state index contributed by atoms with van der Waals surface area (Å²) in [5.74, 6) is 0.0304. The van der Waals surface area contributed by atoms with E-state index in [1.54, 1.807) is 6.07 Å². The average molecular weight is 349 g/mol. The number of ether oxygens (including phenoxy) is 1. The third-order valence-corrected chi connectivity index (χ3v) is 4.06. The zero-order chi connectivity index (χ0) is 17.1. The maximum absolute atomic E-state index is 12.0. The number of carbonyl (C=O) groups excluding carboxylic acids is 1. The molecule has 1 rings (SSSR count). The fourth-order valence-corrected chi connectivity index (χ4v) is 2.90. The van der Waals surface area contributed by atoms with Gasteiger partial charge in [-0.1, -0.05) is 11.6 Å². The van der Waals surface area contributed by atoms with Crippen LogP contribution in [-0.2, 0) is 14.8 Å². The van der Waals surface area contributed by atoms with Crippen molar-refractivity contribution in [1.29, 1.82) is 0 Å². The Hall–Kier alpha value is -1.47. The lowest BCUT2D eigenvalue weighted by atomic mass is 10.1. The molecular formula is C14H21ClN2O4S. The van der Waals surface area contributed by atoms with Crippen LogP contribution in [0.2, 0.25) is 5.02 Å². The number of sulfonamides is 1. The van der Waals surface area contributed by atoms with E-state index >= 15 is 0 Å². The molecule has 0 aromatic heterocycles. The van der Waals surface area contributed by atoms with Crippen molar-refractivity contribution < 1.29 is 17.9 Å². The summed E-state index contributed by atoms with van der Waals surface area (Å²) in [6, 6.07) is 4.54. The van der Waals surface area contributed by atoms with E-state index in [2.05, 4.69) is 5.32 Å². The number of nitrogens with one attached hydrogen (secondary N) is 1. The number of rotatable bonds is 5. The Morgan fingerprint density at radius 2 is 1.95 bits per heavy atom. The van der Waals surface area contributed by atoms with Gasteiger partial charge in [0.1, 0.15) is 12.3 Å². The molecule has 22 heavy (non-hydrogen) atoms. The van der Waals surface area contributed by atoms with Crippen LogP contribution in [0.1, 0.15) is 20.8 Å². The van der Waals surface area contributed by atoms with E-state index in [0.29, 0.717) is 11.4 Å². The van der Waals surface area contributed by atoms with Crippen LogP contribution < -0.4 is 14.4 Å². The van der Waals surface area contributed by atoms with Gasteiger partial charge < -0.3 is 10.1 Å². The number of benzene rings is 1. The second-order valence-corrected chi connectivity index (χ2v) is 8.20. The molecule has 0 heterocycles. The molecule has 6 nitrogen and oxygen atoms in total. The summed E-state index contributed by atoms with van der Waals surface area (Å²) in [5.41, 5.74) is -0.144. The molecule has 1 amide bonds. The molecule has 0 aliphatic rings. The largest absolute Gasteiger partial charge is 0.495 e. The fourth-order valence-electron chi connectivity index (χ4n) is 1.80. The lowest BCUT2D eigenvalue weighted by Crippen LogP contribution is -2.47. The van der Waals surface area contributed by atoms with Crippen molar-refractivity contribution in [3.05, 3.63) is 23.2 Å². The Morgan fingerprint density at radius 3 is 2.36 bits per heavy atom. The van der Waals surface area contributed by atoms with E-state index in [1.807, 2.05) is 20.8 Å². The predicted octanol–water partition coefficient (Wildman–Crippen LogP) is 2.03. The SMILES string of the molecule is COc1ccc(N(CC(=O)NC(C)(C)C)S(C)(=O)=O)cc1Cl.